The van der Waals surface area contributed by atoms with Gasteiger partial charge in [0.25, 0.3) is 0 Å². The molecule has 1 aromatic rings. The lowest BCUT2D eigenvalue weighted by atomic mass is 10.0. The fourth-order valence-corrected chi connectivity index (χ4v) is 1.21. The highest BCUT2D eigenvalue weighted by Crippen LogP contribution is 2.28. The number of hydrogen-bond acceptors (Lipinski definition) is 6. The second-order valence-corrected chi connectivity index (χ2v) is 3.32. The van der Waals surface area contributed by atoms with E-state index in [1.165, 1.54) is 6.07 Å². The predicted octanol–water partition coefficient (Wildman–Crippen LogP) is 0.0216. The molecular weight excluding hydrogens is 226 g/mol. The highest BCUT2D eigenvalue weighted by Gasteiger charge is 2.25. The maximum Gasteiger partial charge on any atom is 0.325 e. The van der Waals surface area contributed by atoms with Crippen LogP contribution in [0.1, 0.15) is 19.9 Å². The van der Waals surface area contributed by atoms with Gasteiger partial charge in [-0.25, -0.2) is 0 Å². The van der Waals surface area contributed by atoms with E-state index in [9.17, 15) is 15.0 Å². The van der Waals surface area contributed by atoms with E-state index in [1.54, 1.807) is 6.92 Å². The Bertz CT molecular complexity index is 449. The molecule has 2 atom stereocenters. The molecule has 6 nitrogen and oxygen atoms in total. The number of esters is 1. The molecule has 17 heavy (non-hydrogen) atoms. The van der Waals surface area contributed by atoms with E-state index < -0.39 is 29.6 Å². The first-order valence-corrected chi connectivity index (χ1v) is 4.97. The van der Waals surface area contributed by atoms with Crippen molar-refractivity contribution >= 4 is 5.97 Å². The van der Waals surface area contributed by atoms with Gasteiger partial charge < -0.3 is 25.8 Å². The van der Waals surface area contributed by atoms with E-state index in [2.05, 4.69) is 4.74 Å². The number of rotatable bonds is 4. The zero-order valence-corrected chi connectivity index (χ0v) is 9.25. The van der Waals surface area contributed by atoms with Crippen LogP contribution in [0.25, 0.3) is 0 Å². The van der Waals surface area contributed by atoms with Gasteiger partial charge in [0.2, 0.25) is 0 Å². The van der Waals surface area contributed by atoms with Gasteiger partial charge in [0.1, 0.15) is 12.1 Å². The van der Waals surface area contributed by atoms with Crippen LogP contribution in [0.15, 0.2) is 18.2 Å². The first-order valence-electron chi connectivity index (χ1n) is 5.47. The Morgan fingerprint density at radius 1 is 1.53 bits per heavy atom. The maximum atomic E-state index is 11.4. The summed E-state index contributed by atoms with van der Waals surface area (Å²) in [5, 5.41) is 28.3. The van der Waals surface area contributed by atoms with E-state index in [4.69, 9.17) is 12.2 Å². The van der Waals surface area contributed by atoms with Crippen LogP contribution in [-0.2, 0) is 9.53 Å². The highest BCUT2D eigenvalue weighted by atomic mass is 16.5. The average Bonchev–Trinajstić information content (AvgIpc) is 2.31. The van der Waals surface area contributed by atoms with Gasteiger partial charge in [0, 0.05) is 0 Å². The molecule has 0 unspecified atom stereocenters. The van der Waals surface area contributed by atoms with Gasteiger partial charge >= 0.3 is 5.97 Å². The van der Waals surface area contributed by atoms with E-state index in [0.29, 0.717) is 0 Å². The second kappa shape index (κ2) is 5.51. The van der Waals surface area contributed by atoms with Crippen molar-refractivity contribution < 1.29 is 26.2 Å². The monoisotopic (exact) mass is 242 g/mol. The summed E-state index contributed by atoms with van der Waals surface area (Å²) in [7, 11) is 0. The van der Waals surface area contributed by atoms with Crippen molar-refractivity contribution in [3.8, 4) is 11.5 Å². The summed E-state index contributed by atoms with van der Waals surface area (Å²) in [5.74, 6) is -1.85. The number of ether oxygens (including phenoxy) is 1. The lowest BCUT2D eigenvalue weighted by Gasteiger charge is -2.17. The molecule has 1 aromatic carbocycles. The Morgan fingerprint density at radius 2 is 2.18 bits per heavy atom. The zero-order valence-electron chi connectivity index (χ0n) is 10.3. The number of benzene rings is 1. The average molecular weight is 242 g/mol. The third-order valence-corrected chi connectivity index (χ3v) is 2.11. The van der Waals surface area contributed by atoms with Gasteiger partial charge in [-0.05, 0) is 24.6 Å². The van der Waals surface area contributed by atoms with Gasteiger partial charge in [-0.15, -0.1) is 0 Å². The molecule has 0 amide bonds. The minimum absolute atomic E-state index is 0.0729. The summed E-state index contributed by atoms with van der Waals surface area (Å²) >= 11 is 0. The van der Waals surface area contributed by atoms with Crippen LogP contribution in [0.2, 0.25) is 0 Å². The van der Waals surface area contributed by atoms with E-state index >= 15 is 0 Å². The zero-order chi connectivity index (χ0) is 13.9. The van der Waals surface area contributed by atoms with Crippen molar-refractivity contribution in [2.75, 3.05) is 6.61 Å². The first kappa shape index (κ1) is 11.7. The van der Waals surface area contributed by atoms with Crippen LogP contribution in [0.5, 0.6) is 11.5 Å². The van der Waals surface area contributed by atoms with E-state index in [-0.39, 0.29) is 12.2 Å². The van der Waals surface area contributed by atoms with Crippen LogP contribution < -0.4 is 5.73 Å². The number of carbonyl (C=O) groups excluding carboxylic acids is 1. The lowest BCUT2D eigenvalue weighted by Crippen LogP contribution is -2.38. The number of hydrogen-bond donors (Lipinski definition) is 4. The number of carbonyl (C=O) groups is 1. The van der Waals surface area contributed by atoms with Crippen LogP contribution in [0.4, 0.5) is 0 Å². The first-order chi connectivity index (χ1) is 8.30. The summed E-state index contributed by atoms with van der Waals surface area (Å²) in [6.45, 7) is 1.64. The molecule has 5 N–H and O–H groups in total. The van der Waals surface area contributed by atoms with Crippen molar-refractivity contribution in [1.82, 2.24) is 0 Å². The van der Waals surface area contributed by atoms with Crippen LogP contribution in [-0.4, -0.2) is 33.9 Å². The van der Waals surface area contributed by atoms with Gasteiger partial charge in [0.05, 0.1) is 7.98 Å². The minimum Gasteiger partial charge on any atom is -0.504 e. The molecule has 0 radical (unpaired) electrons. The molecule has 0 saturated carbocycles. The van der Waals surface area contributed by atoms with Crippen LogP contribution in [0, 0.1) is 0 Å². The van der Waals surface area contributed by atoms with Gasteiger partial charge in [-0.2, -0.15) is 0 Å². The molecule has 0 spiro atoms. The lowest BCUT2D eigenvalue weighted by molar-refractivity contribution is -0.147. The number of aromatic hydroxyl groups is 2. The topological polar surface area (TPSA) is 113 Å². The smallest absolute Gasteiger partial charge is 0.325 e. The van der Waals surface area contributed by atoms with E-state index in [0.717, 1.165) is 12.1 Å². The molecule has 94 valence electrons. The molecule has 0 saturated heterocycles. The Kier molecular flexibility index (Phi) is 3.79. The SMILES string of the molecule is [2H][C@@](O)(c1ccc(O)c(O)c1)[C@@H](N)C(=O)OCC. The van der Waals surface area contributed by atoms with Crippen LogP contribution in [0.3, 0.4) is 0 Å². The Morgan fingerprint density at radius 3 is 2.71 bits per heavy atom. The molecule has 0 aliphatic heterocycles. The number of aliphatic hydroxyl groups is 1. The van der Waals surface area contributed by atoms with Crippen LogP contribution >= 0.6 is 0 Å². The molecule has 0 bridgehead atoms. The molecule has 0 aromatic heterocycles. The normalized spacial score (nSPS) is 16.8. The van der Waals surface area contributed by atoms with Gasteiger partial charge in [-0.1, -0.05) is 6.07 Å². The third kappa shape index (κ3) is 3.08. The number of phenols is 2. The molecule has 0 aliphatic carbocycles. The molecule has 0 fully saturated rings. The Hall–Kier alpha value is -1.79. The summed E-state index contributed by atoms with van der Waals surface area (Å²) in [6.07, 6.45) is -2.46. The van der Waals surface area contributed by atoms with Crippen molar-refractivity contribution in [2.45, 2.75) is 19.0 Å². The number of phenolic OH excluding ortho intramolecular Hbond substituents is 2. The summed E-state index contributed by atoms with van der Waals surface area (Å²) in [4.78, 5) is 11.4. The van der Waals surface area contributed by atoms with Gasteiger partial charge in [0.15, 0.2) is 11.5 Å². The summed E-state index contributed by atoms with van der Waals surface area (Å²) in [6, 6.07) is 1.60. The molecule has 1 rings (SSSR count). The largest absolute Gasteiger partial charge is 0.504 e. The minimum atomic E-state index is -2.46. The standard InChI is InChI=1S/C11H15NO5/c1-2-17-11(16)9(12)10(15)6-3-4-7(13)8(14)5-6/h3-5,9-10,13-15H,2,12H2,1H3/t9-,10-/m1/s1/i10D. The molecule has 0 heterocycles. The quantitative estimate of drug-likeness (QED) is 0.437. The number of nitrogens with two attached hydrogens (primary N) is 1. The third-order valence-electron chi connectivity index (χ3n) is 2.11. The molecule has 6 heteroatoms. The van der Waals surface area contributed by atoms with Crippen molar-refractivity contribution in [3.63, 3.8) is 0 Å². The van der Waals surface area contributed by atoms with Crippen molar-refractivity contribution in [2.24, 2.45) is 5.73 Å². The molecule has 0 aliphatic rings. The Labute approximate surface area is 99.7 Å². The van der Waals surface area contributed by atoms with Gasteiger partial charge in [-0.3, -0.25) is 4.79 Å². The van der Waals surface area contributed by atoms with Crippen molar-refractivity contribution in [3.05, 3.63) is 23.8 Å². The summed E-state index contributed by atoms with van der Waals surface area (Å²) < 4.78 is 12.3. The highest BCUT2D eigenvalue weighted by molar-refractivity contribution is 5.76. The summed E-state index contributed by atoms with van der Waals surface area (Å²) in [5.41, 5.74) is 5.32. The van der Waals surface area contributed by atoms with Crippen molar-refractivity contribution in [1.29, 1.82) is 0 Å². The second-order valence-electron chi connectivity index (χ2n) is 3.32. The molecular formula is C11H15NO5. The fourth-order valence-electron chi connectivity index (χ4n) is 1.21. The fraction of sp³-hybridized carbons (Fsp3) is 0.364. The van der Waals surface area contributed by atoms with E-state index in [1.807, 2.05) is 0 Å². The Balaban J connectivity index is 3.04. The predicted molar refractivity (Wildman–Crippen MR) is 59.3 cm³/mol. The maximum absolute atomic E-state index is 11.4.